The average molecular weight is 326 g/mol. The first kappa shape index (κ1) is 18.0. The van der Waals surface area contributed by atoms with Gasteiger partial charge in [-0.15, -0.1) is 0 Å². The van der Waals surface area contributed by atoms with E-state index in [9.17, 15) is 4.79 Å². The van der Waals surface area contributed by atoms with Crippen LogP contribution in [0.1, 0.15) is 19.4 Å². The molecule has 0 saturated heterocycles. The number of para-hydroxylation sites is 1. The Balaban J connectivity index is 2.18. The molecule has 0 aliphatic heterocycles. The molecule has 0 atom stereocenters. The molecule has 128 valence electrons. The fraction of sp³-hybridized carbons (Fsp3) is 0.350. The number of benzene rings is 2. The highest BCUT2D eigenvalue weighted by atomic mass is 16.5. The van der Waals surface area contributed by atoms with Crippen molar-refractivity contribution in [3.63, 3.8) is 0 Å². The lowest BCUT2D eigenvalue weighted by atomic mass is 10.0. The van der Waals surface area contributed by atoms with Crippen LogP contribution in [-0.2, 0) is 11.3 Å². The second-order valence-electron chi connectivity index (χ2n) is 6.04. The highest BCUT2D eigenvalue weighted by Gasteiger charge is 2.16. The molecule has 2 aromatic rings. The van der Waals surface area contributed by atoms with Gasteiger partial charge in [0.1, 0.15) is 5.75 Å². The van der Waals surface area contributed by atoms with Crippen LogP contribution in [0.25, 0.3) is 11.1 Å². The fourth-order valence-corrected chi connectivity index (χ4v) is 2.68. The normalized spacial score (nSPS) is 10.7. The Kier molecular flexibility index (Phi) is 6.38. The number of methoxy groups -OCH3 is 1. The van der Waals surface area contributed by atoms with Crippen LogP contribution in [0.15, 0.2) is 48.5 Å². The Labute approximate surface area is 144 Å². The van der Waals surface area contributed by atoms with Crippen molar-refractivity contribution in [2.45, 2.75) is 26.4 Å². The van der Waals surface area contributed by atoms with E-state index in [1.54, 1.807) is 14.2 Å². The Morgan fingerprint density at radius 1 is 1.12 bits per heavy atom. The third-order valence-corrected chi connectivity index (χ3v) is 4.00. The number of nitrogens with zero attached hydrogens (tertiary/aromatic N) is 1. The zero-order valence-corrected chi connectivity index (χ0v) is 14.9. The van der Waals surface area contributed by atoms with Gasteiger partial charge in [0, 0.05) is 18.2 Å². The van der Waals surface area contributed by atoms with E-state index in [0.29, 0.717) is 13.1 Å². The number of carbonyl (C=O) groups excluding carboxylic acids is 1. The monoisotopic (exact) mass is 326 g/mol. The van der Waals surface area contributed by atoms with Gasteiger partial charge in [-0.05, 0) is 38.1 Å². The summed E-state index contributed by atoms with van der Waals surface area (Å²) in [5.74, 6) is 0.972. The second-order valence-corrected chi connectivity index (χ2v) is 6.04. The van der Waals surface area contributed by atoms with Gasteiger partial charge in [0.05, 0.1) is 13.7 Å². The molecular weight excluding hydrogens is 300 g/mol. The van der Waals surface area contributed by atoms with Crippen molar-refractivity contribution in [1.82, 2.24) is 10.2 Å². The maximum absolute atomic E-state index is 12.2. The third kappa shape index (κ3) is 4.36. The molecule has 0 bridgehead atoms. The number of carbonyl (C=O) groups is 1. The van der Waals surface area contributed by atoms with Gasteiger partial charge in [0.25, 0.3) is 0 Å². The number of likely N-dealkylation sites (N-methyl/N-ethyl adjacent to an activating group) is 1. The largest absolute Gasteiger partial charge is 0.496 e. The van der Waals surface area contributed by atoms with Gasteiger partial charge in [-0.25, -0.2) is 0 Å². The van der Waals surface area contributed by atoms with Crippen molar-refractivity contribution in [3.8, 4) is 16.9 Å². The van der Waals surface area contributed by atoms with Crippen molar-refractivity contribution >= 4 is 5.91 Å². The standard InChI is InChI=1S/C20H26N2O2/c1-15(2)22(20(23)13-21-3)14-16-9-11-17(12-10-16)18-7-5-6-8-19(18)24-4/h5-12,15,21H,13-14H2,1-4H3. The van der Waals surface area contributed by atoms with Gasteiger partial charge in [0.2, 0.25) is 5.91 Å². The van der Waals surface area contributed by atoms with E-state index in [1.807, 2.05) is 43.0 Å². The van der Waals surface area contributed by atoms with Gasteiger partial charge < -0.3 is 15.0 Å². The molecule has 2 aromatic carbocycles. The van der Waals surface area contributed by atoms with Crippen LogP contribution in [0.2, 0.25) is 0 Å². The summed E-state index contributed by atoms with van der Waals surface area (Å²) in [4.78, 5) is 14.1. The quantitative estimate of drug-likeness (QED) is 0.849. The Morgan fingerprint density at radius 3 is 2.38 bits per heavy atom. The molecule has 0 spiro atoms. The SMILES string of the molecule is CNCC(=O)N(Cc1ccc(-c2ccccc2OC)cc1)C(C)C. The van der Waals surface area contributed by atoms with Crippen LogP contribution in [-0.4, -0.2) is 37.6 Å². The minimum Gasteiger partial charge on any atom is -0.496 e. The molecule has 0 unspecified atom stereocenters. The molecule has 4 heteroatoms. The first-order valence-corrected chi connectivity index (χ1v) is 8.23. The van der Waals surface area contributed by atoms with Crippen molar-refractivity contribution in [3.05, 3.63) is 54.1 Å². The summed E-state index contributed by atoms with van der Waals surface area (Å²) in [7, 11) is 3.47. The fourth-order valence-electron chi connectivity index (χ4n) is 2.68. The summed E-state index contributed by atoms with van der Waals surface area (Å²) < 4.78 is 5.42. The van der Waals surface area contributed by atoms with E-state index in [1.165, 1.54) is 0 Å². The Morgan fingerprint density at radius 2 is 1.79 bits per heavy atom. The smallest absolute Gasteiger partial charge is 0.237 e. The first-order chi connectivity index (χ1) is 11.6. The summed E-state index contributed by atoms with van der Waals surface area (Å²) in [6.45, 7) is 5.05. The molecule has 0 fully saturated rings. The lowest BCUT2D eigenvalue weighted by Crippen LogP contribution is -2.41. The summed E-state index contributed by atoms with van der Waals surface area (Å²) in [6, 6.07) is 16.4. The second kappa shape index (κ2) is 8.50. The molecule has 0 radical (unpaired) electrons. The molecule has 24 heavy (non-hydrogen) atoms. The van der Waals surface area contributed by atoms with E-state index in [-0.39, 0.29) is 11.9 Å². The maximum Gasteiger partial charge on any atom is 0.237 e. The van der Waals surface area contributed by atoms with E-state index in [2.05, 4.69) is 29.6 Å². The van der Waals surface area contributed by atoms with Crippen LogP contribution in [0, 0.1) is 0 Å². The minimum atomic E-state index is 0.112. The number of nitrogens with one attached hydrogen (secondary N) is 1. The molecule has 0 saturated carbocycles. The minimum absolute atomic E-state index is 0.112. The summed E-state index contributed by atoms with van der Waals surface area (Å²) in [5, 5.41) is 2.93. The highest BCUT2D eigenvalue weighted by molar-refractivity contribution is 5.78. The molecule has 0 aliphatic rings. The van der Waals surface area contributed by atoms with E-state index >= 15 is 0 Å². The molecule has 0 heterocycles. The number of hydrogen-bond acceptors (Lipinski definition) is 3. The van der Waals surface area contributed by atoms with Crippen molar-refractivity contribution in [2.24, 2.45) is 0 Å². The van der Waals surface area contributed by atoms with E-state index in [4.69, 9.17) is 4.74 Å². The van der Waals surface area contributed by atoms with Crippen molar-refractivity contribution in [2.75, 3.05) is 20.7 Å². The van der Waals surface area contributed by atoms with Gasteiger partial charge in [-0.2, -0.15) is 0 Å². The predicted octanol–water partition coefficient (Wildman–Crippen LogP) is 3.32. The predicted molar refractivity (Wildman–Crippen MR) is 98.0 cm³/mol. The summed E-state index contributed by atoms with van der Waals surface area (Å²) >= 11 is 0. The number of ether oxygens (including phenoxy) is 1. The molecule has 0 aromatic heterocycles. The average Bonchev–Trinajstić information content (AvgIpc) is 2.60. The topological polar surface area (TPSA) is 41.6 Å². The van der Waals surface area contributed by atoms with E-state index < -0.39 is 0 Å². The highest BCUT2D eigenvalue weighted by Crippen LogP contribution is 2.29. The van der Waals surface area contributed by atoms with Crippen molar-refractivity contribution in [1.29, 1.82) is 0 Å². The lowest BCUT2D eigenvalue weighted by molar-refractivity contribution is -0.132. The number of rotatable bonds is 7. The molecule has 1 amide bonds. The summed E-state index contributed by atoms with van der Waals surface area (Å²) in [6.07, 6.45) is 0. The molecular formula is C20H26N2O2. The molecule has 2 rings (SSSR count). The third-order valence-electron chi connectivity index (χ3n) is 4.00. The van der Waals surface area contributed by atoms with Gasteiger partial charge in [-0.3, -0.25) is 4.79 Å². The first-order valence-electron chi connectivity index (χ1n) is 8.23. The van der Waals surface area contributed by atoms with Crippen molar-refractivity contribution < 1.29 is 9.53 Å². The zero-order chi connectivity index (χ0) is 17.5. The molecule has 4 nitrogen and oxygen atoms in total. The lowest BCUT2D eigenvalue weighted by Gasteiger charge is -2.27. The number of amides is 1. The molecule has 1 N–H and O–H groups in total. The Hall–Kier alpha value is -2.33. The molecule has 0 aliphatic carbocycles. The van der Waals surface area contributed by atoms with Crippen LogP contribution in [0.3, 0.4) is 0 Å². The van der Waals surface area contributed by atoms with Crippen LogP contribution >= 0.6 is 0 Å². The number of hydrogen-bond donors (Lipinski definition) is 1. The van der Waals surface area contributed by atoms with Crippen LogP contribution in [0.5, 0.6) is 5.75 Å². The van der Waals surface area contributed by atoms with E-state index in [0.717, 1.165) is 22.4 Å². The van der Waals surface area contributed by atoms with Gasteiger partial charge >= 0.3 is 0 Å². The maximum atomic E-state index is 12.2. The van der Waals surface area contributed by atoms with Gasteiger partial charge in [-0.1, -0.05) is 42.5 Å². The summed E-state index contributed by atoms with van der Waals surface area (Å²) in [5.41, 5.74) is 3.29. The van der Waals surface area contributed by atoms with Crippen LogP contribution < -0.4 is 10.1 Å². The zero-order valence-electron chi connectivity index (χ0n) is 14.9. The van der Waals surface area contributed by atoms with Crippen LogP contribution in [0.4, 0.5) is 0 Å². The Bertz CT molecular complexity index is 666. The van der Waals surface area contributed by atoms with Gasteiger partial charge in [0.15, 0.2) is 0 Å².